The second-order valence-electron chi connectivity index (χ2n) is 6.20. The van der Waals surface area contributed by atoms with E-state index in [0.717, 1.165) is 12.8 Å². The van der Waals surface area contributed by atoms with Crippen molar-refractivity contribution in [1.29, 1.82) is 0 Å². The number of alkyl halides is 1. The summed E-state index contributed by atoms with van der Waals surface area (Å²) in [6, 6.07) is 0. The van der Waals surface area contributed by atoms with Crippen molar-refractivity contribution in [3.8, 4) is 0 Å². The first kappa shape index (κ1) is 19.8. The number of hydrogen-bond donors (Lipinski definition) is 0. The molecular formula is C14H30FNO3S. The van der Waals surface area contributed by atoms with Crippen LogP contribution in [0.1, 0.15) is 47.0 Å². The Balaban J connectivity index is 4.71. The second kappa shape index (κ2) is 8.29. The third-order valence-corrected chi connectivity index (χ3v) is 5.16. The quantitative estimate of drug-likeness (QED) is 0.623. The molecule has 0 rings (SSSR count). The molecule has 0 fully saturated rings. The molecule has 0 bridgehead atoms. The van der Waals surface area contributed by atoms with Gasteiger partial charge in [0.25, 0.3) is 0 Å². The zero-order chi connectivity index (χ0) is 16.0. The van der Waals surface area contributed by atoms with Gasteiger partial charge in [-0.05, 0) is 39.5 Å². The maximum atomic E-state index is 12.4. The molecule has 2 unspecified atom stereocenters. The summed E-state index contributed by atoms with van der Waals surface area (Å²) in [5.74, 6) is 0.230. The molecule has 0 N–H and O–H groups in total. The van der Waals surface area contributed by atoms with Crippen molar-refractivity contribution in [2.75, 3.05) is 26.6 Å². The van der Waals surface area contributed by atoms with Gasteiger partial charge in [0, 0.05) is 19.2 Å². The minimum atomic E-state index is -3.22. The molecule has 0 aromatic rings. The van der Waals surface area contributed by atoms with Gasteiger partial charge in [-0.3, -0.25) is 0 Å². The van der Waals surface area contributed by atoms with Crippen LogP contribution in [0.5, 0.6) is 0 Å². The van der Waals surface area contributed by atoms with Crippen LogP contribution < -0.4 is 0 Å². The molecule has 2 atom stereocenters. The summed E-state index contributed by atoms with van der Waals surface area (Å²) in [5, 5.41) is 0. The van der Waals surface area contributed by atoms with Crippen molar-refractivity contribution < 1.29 is 17.5 Å². The Morgan fingerprint density at radius 3 is 2.30 bits per heavy atom. The molecule has 0 saturated carbocycles. The van der Waals surface area contributed by atoms with E-state index < -0.39 is 28.3 Å². The van der Waals surface area contributed by atoms with Crippen molar-refractivity contribution in [3.63, 3.8) is 0 Å². The summed E-state index contributed by atoms with van der Waals surface area (Å²) in [5.41, 5.74) is -0.476. The van der Waals surface area contributed by atoms with E-state index in [4.69, 9.17) is 4.74 Å². The highest BCUT2D eigenvalue weighted by molar-refractivity contribution is 7.88. The fourth-order valence-corrected chi connectivity index (χ4v) is 3.25. The van der Waals surface area contributed by atoms with Gasteiger partial charge >= 0.3 is 0 Å². The molecule has 0 aromatic heterocycles. The van der Waals surface area contributed by atoms with Crippen LogP contribution in [-0.2, 0) is 14.8 Å². The number of hydrogen-bond acceptors (Lipinski definition) is 3. The van der Waals surface area contributed by atoms with Crippen LogP contribution in [-0.4, -0.2) is 51.0 Å². The fourth-order valence-electron chi connectivity index (χ4n) is 2.28. The molecule has 0 radical (unpaired) electrons. The highest BCUT2D eigenvalue weighted by Gasteiger charge is 2.32. The van der Waals surface area contributed by atoms with Crippen LogP contribution >= 0.6 is 0 Å². The Kier molecular flexibility index (Phi) is 8.21. The first-order valence-electron chi connectivity index (χ1n) is 7.16. The lowest BCUT2D eigenvalue weighted by Crippen LogP contribution is -2.46. The zero-order valence-corrected chi connectivity index (χ0v) is 14.5. The lowest BCUT2D eigenvalue weighted by Gasteiger charge is -2.36. The summed E-state index contributed by atoms with van der Waals surface area (Å²) in [6.45, 7) is 7.59. The van der Waals surface area contributed by atoms with Gasteiger partial charge in [-0.15, -0.1) is 0 Å². The van der Waals surface area contributed by atoms with E-state index in [9.17, 15) is 12.8 Å². The van der Waals surface area contributed by atoms with Gasteiger partial charge in [-0.1, -0.05) is 13.3 Å². The number of rotatable bonds is 10. The summed E-state index contributed by atoms with van der Waals surface area (Å²) in [7, 11) is -1.62. The Morgan fingerprint density at radius 1 is 1.35 bits per heavy atom. The smallest absolute Gasteiger partial charge is 0.211 e. The molecule has 0 heterocycles. The highest BCUT2D eigenvalue weighted by Crippen LogP contribution is 2.27. The highest BCUT2D eigenvalue weighted by atomic mass is 32.2. The van der Waals surface area contributed by atoms with Crippen LogP contribution in [0.15, 0.2) is 0 Å². The van der Waals surface area contributed by atoms with E-state index in [2.05, 4.69) is 6.92 Å². The average molecular weight is 311 g/mol. The average Bonchev–Trinajstić information content (AvgIpc) is 2.33. The first-order chi connectivity index (χ1) is 9.04. The molecule has 0 amide bonds. The Hall–Kier alpha value is -0.200. The maximum absolute atomic E-state index is 12.4. The second-order valence-corrected chi connectivity index (χ2v) is 8.21. The topological polar surface area (TPSA) is 46.6 Å². The van der Waals surface area contributed by atoms with Gasteiger partial charge in [0.05, 0.1) is 12.4 Å². The van der Waals surface area contributed by atoms with Crippen molar-refractivity contribution in [2.45, 2.75) is 58.6 Å². The van der Waals surface area contributed by atoms with E-state index in [1.807, 2.05) is 13.8 Å². The SMILES string of the molecule is CCCC(COC(C)CF)CC(C)(C)N(C)S(C)(=O)=O. The van der Waals surface area contributed by atoms with Crippen molar-refractivity contribution in [3.05, 3.63) is 0 Å². The van der Waals surface area contributed by atoms with Gasteiger partial charge < -0.3 is 4.74 Å². The van der Waals surface area contributed by atoms with Crippen molar-refractivity contribution >= 4 is 10.0 Å². The van der Waals surface area contributed by atoms with Gasteiger partial charge in [-0.25, -0.2) is 12.8 Å². The Labute approximate surface area is 123 Å². The molecule has 20 heavy (non-hydrogen) atoms. The molecular weight excluding hydrogens is 281 g/mol. The standard InChI is InChI=1S/C14H30FNO3S/c1-7-8-13(11-19-12(2)10-15)9-14(3,4)16(5)20(6,17)18/h12-13H,7-11H2,1-6H3. The van der Waals surface area contributed by atoms with Crippen LogP contribution in [0, 0.1) is 5.92 Å². The Bertz CT molecular complexity index is 371. The summed E-state index contributed by atoms with van der Waals surface area (Å²) in [6.07, 6.45) is 3.45. The number of halogens is 1. The van der Waals surface area contributed by atoms with Gasteiger partial charge in [0.15, 0.2) is 0 Å². The lowest BCUT2D eigenvalue weighted by molar-refractivity contribution is 0.0136. The summed E-state index contributed by atoms with van der Waals surface area (Å²) < 4.78 is 42.7. The lowest BCUT2D eigenvalue weighted by atomic mass is 9.88. The van der Waals surface area contributed by atoms with Gasteiger partial charge in [0.1, 0.15) is 6.67 Å². The molecule has 0 saturated heterocycles. The molecule has 0 aliphatic heterocycles. The molecule has 4 nitrogen and oxygen atoms in total. The fraction of sp³-hybridized carbons (Fsp3) is 1.00. The predicted octanol–water partition coefficient (Wildman–Crippen LogP) is 2.84. The maximum Gasteiger partial charge on any atom is 0.211 e. The van der Waals surface area contributed by atoms with E-state index in [-0.39, 0.29) is 5.92 Å². The van der Waals surface area contributed by atoms with Crippen LogP contribution in [0.25, 0.3) is 0 Å². The van der Waals surface area contributed by atoms with Crippen molar-refractivity contribution in [2.24, 2.45) is 5.92 Å². The zero-order valence-electron chi connectivity index (χ0n) is 13.6. The third-order valence-electron chi connectivity index (χ3n) is 3.67. The van der Waals surface area contributed by atoms with E-state index in [1.54, 1.807) is 14.0 Å². The van der Waals surface area contributed by atoms with Crippen LogP contribution in [0.2, 0.25) is 0 Å². The molecule has 0 spiro atoms. The summed E-state index contributed by atoms with van der Waals surface area (Å²) in [4.78, 5) is 0. The molecule has 0 aliphatic carbocycles. The predicted molar refractivity (Wildman–Crippen MR) is 81.1 cm³/mol. The van der Waals surface area contributed by atoms with Crippen LogP contribution in [0.3, 0.4) is 0 Å². The number of nitrogens with zero attached hydrogens (tertiary/aromatic N) is 1. The molecule has 6 heteroatoms. The largest absolute Gasteiger partial charge is 0.376 e. The van der Waals surface area contributed by atoms with E-state index in [1.165, 1.54) is 10.6 Å². The third kappa shape index (κ3) is 6.99. The van der Waals surface area contributed by atoms with Crippen LogP contribution in [0.4, 0.5) is 4.39 Å². The normalized spacial score (nSPS) is 16.4. The van der Waals surface area contributed by atoms with E-state index >= 15 is 0 Å². The minimum Gasteiger partial charge on any atom is -0.376 e. The molecule has 122 valence electrons. The number of ether oxygens (including phenoxy) is 1. The van der Waals surface area contributed by atoms with Gasteiger partial charge in [0.2, 0.25) is 10.0 Å². The number of sulfonamides is 1. The monoisotopic (exact) mass is 311 g/mol. The Morgan fingerprint density at radius 2 is 1.90 bits per heavy atom. The molecule has 0 aliphatic rings. The first-order valence-corrected chi connectivity index (χ1v) is 9.01. The summed E-state index contributed by atoms with van der Waals surface area (Å²) >= 11 is 0. The van der Waals surface area contributed by atoms with Gasteiger partial charge in [-0.2, -0.15) is 4.31 Å². The van der Waals surface area contributed by atoms with E-state index in [0.29, 0.717) is 13.0 Å². The minimum absolute atomic E-state index is 0.230. The molecule has 0 aromatic carbocycles. The van der Waals surface area contributed by atoms with Crippen molar-refractivity contribution in [1.82, 2.24) is 4.31 Å².